The molecule has 3 atom stereocenters. The number of hydrogen-bond acceptors (Lipinski definition) is 4. The Morgan fingerprint density at radius 2 is 1.70 bits per heavy atom. The van der Waals surface area contributed by atoms with Crippen LogP contribution in [0, 0.1) is 11.8 Å². The van der Waals surface area contributed by atoms with Gasteiger partial charge in [0.1, 0.15) is 18.5 Å². The van der Waals surface area contributed by atoms with Gasteiger partial charge in [-0.3, -0.25) is 14.5 Å². The van der Waals surface area contributed by atoms with Gasteiger partial charge in [-0.2, -0.15) is 0 Å². The molecule has 2 aliphatic rings. The molecule has 3 rings (SSSR count). The third kappa shape index (κ3) is 3.48. The molecule has 5 nitrogen and oxygen atoms in total. The first-order valence-electron chi connectivity index (χ1n) is 7.63. The number of β-amino-alcohol motifs (C(OH)–C–C–N with tert-alkyl or cyclic N) is 1. The fourth-order valence-electron chi connectivity index (χ4n) is 3.04. The molecule has 1 heterocycles. The first-order chi connectivity index (χ1) is 11.1. The number of aliphatic hydroxyl groups excluding tert-OH is 1. The van der Waals surface area contributed by atoms with Gasteiger partial charge < -0.3 is 9.84 Å². The van der Waals surface area contributed by atoms with E-state index in [4.69, 9.17) is 4.74 Å². The Hall–Kier alpha value is -1.66. The predicted molar refractivity (Wildman–Crippen MR) is 87.7 cm³/mol. The van der Waals surface area contributed by atoms with Crippen molar-refractivity contribution >= 4 is 27.7 Å². The molecule has 1 aromatic carbocycles. The van der Waals surface area contributed by atoms with Crippen LogP contribution < -0.4 is 4.74 Å². The van der Waals surface area contributed by atoms with Gasteiger partial charge in [0.25, 0.3) is 0 Å². The minimum atomic E-state index is -0.903. The number of rotatable bonds is 5. The zero-order valence-electron chi connectivity index (χ0n) is 12.5. The summed E-state index contributed by atoms with van der Waals surface area (Å²) in [5, 5.41) is 10.1. The number of carbonyl (C=O) groups excluding carboxylic acids is 2. The number of imide groups is 1. The molecule has 3 unspecified atom stereocenters. The molecule has 1 saturated heterocycles. The van der Waals surface area contributed by atoms with Crippen LogP contribution in [0.2, 0.25) is 0 Å². The Kier molecular flexibility index (Phi) is 4.82. The normalized spacial score (nSPS) is 24.7. The van der Waals surface area contributed by atoms with E-state index in [1.807, 2.05) is 24.3 Å². The lowest BCUT2D eigenvalue weighted by Crippen LogP contribution is -2.40. The monoisotopic (exact) mass is 379 g/mol. The van der Waals surface area contributed by atoms with E-state index in [0.717, 1.165) is 4.47 Å². The molecule has 2 amide bonds. The molecule has 1 N–H and O–H groups in total. The molecule has 0 radical (unpaired) electrons. The maximum atomic E-state index is 12.3. The van der Waals surface area contributed by atoms with Crippen LogP contribution in [0.3, 0.4) is 0 Å². The molecule has 1 aliphatic carbocycles. The summed E-state index contributed by atoms with van der Waals surface area (Å²) in [5.74, 6) is -0.234. The van der Waals surface area contributed by atoms with Crippen LogP contribution in [-0.4, -0.2) is 41.1 Å². The number of nitrogens with zero attached hydrogens (tertiary/aromatic N) is 1. The van der Waals surface area contributed by atoms with Crippen LogP contribution in [0.4, 0.5) is 0 Å². The smallest absolute Gasteiger partial charge is 0.233 e. The number of carbonyl (C=O) groups is 2. The summed E-state index contributed by atoms with van der Waals surface area (Å²) in [4.78, 5) is 25.8. The lowest BCUT2D eigenvalue weighted by molar-refractivity contribution is -0.141. The van der Waals surface area contributed by atoms with Gasteiger partial charge in [-0.05, 0) is 37.1 Å². The van der Waals surface area contributed by atoms with E-state index in [2.05, 4.69) is 15.9 Å². The summed E-state index contributed by atoms with van der Waals surface area (Å²) in [6.45, 7) is 0.0213. The SMILES string of the molecule is O=C1C2CC=CCC2C(=O)N1CC(O)COc1ccc(Br)cc1. The minimum Gasteiger partial charge on any atom is -0.491 e. The van der Waals surface area contributed by atoms with Crippen LogP contribution >= 0.6 is 15.9 Å². The molecular formula is C17H18BrNO4. The van der Waals surface area contributed by atoms with E-state index in [1.165, 1.54) is 4.90 Å². The van der Waals surface area contributed by atoms with Crippen LogP contribution in [0.5, 0.6) is 5.75 Å². The average molecular weight is 380 g/mol. The summed E-state index contributed by atoms with van der Waals surface area (Å²) < 4.78 is 6.43. The highest BCUT2D eigenvalue weighted by atomic mass is 79.9. The summed E-state index contributed by atoms with van der Waals surface area (Å²) in [5.41, 5.74) is 0. The van der Waals surface area contributed by atoms with Gasteiger partial charge in [0.05, 0.1) is 18.4 Å². The van der Waals surface area contributed by atoms with E-state index in [0.29, 0.717) is 18.6 Å². The van der Waals surface area contributed by atoms with Crippen molar-refractivity contribution in [2.75, 3.05) is 13.2 Å². The zero-order chi connectivity index (χ0) is 16.4. The Morgan fingerprint density at radius 3 is 2.26 bits per heavy atom. The van der Waals surface area contributed by atoms with Crippen molar-refractivity contribution in [3.8, 4) is 5.75 Å². The minimum absolute atomic E-state index is 0.0127. The van der Waals surface area contributed by atoms with E-state index < -0.39 is 6.10 Å². The Morgan fingerprint density at radius 1 is 1.13 bits per heavy atom. The molecular weight excluding hydrogens is 362 g/mol. The van der Waals surface area contributed by atoms with Crippen LogP contribution in [0.25, 0.3) is 0 Å². The Bertz CT molecular complexity index is 602. The van der Waals surface area contributed by atoms with Crippen molar-refractivity contribution in [1.29, 1.82) is 0 Å². The van der Waals surface area contributed by atoms with Gasteiger partial charge in [-0.1, -0.05) is 28.1 Å². The van der Waals surface area contributed by atoms with Crippen molar-refractivity contribution in [1.82, 2.24) is 4.90 Å². The van der Waals surface area contributed by atoms with Gasteiger partial charge in [-0.15, -0.1) is 0 Å². The summed E-state index contributed by atoms with van der Waals surface area (Å²) in [6, 6.07) is 7.24. The summed E-state index contributed by atoms with van der Waals surface area (Å²) in [7, 11) is 0. The number of ether oxygens (including phenoxy) is 1. The maximum Gasteiger partial charge on any atom is 0.233 e. The quantitative estimate of drug-likeness (QED) is 0.628. The lowest BCUT2D eigenvalue weighted by atomic mass is 9.85. The maximum absolute atomic E-state index is 12.3. The van der Waals surface area contributed by atoms with E-state index in [-0.39, 0.29) is 36.8 Å². The highest BCUT2D eigenvalue weighted by Gasteiger charge is 2.47. The molecule has 1 fully saturated rings. The van der Waals surface area contributed by atoms with Crippen LogP contribution in [0.15, 0.2) is 40.9 Å². The number of halogens is 1. The molecule has 0 saturated carbocycles. The Balaban J connectivity index is 1.55. The van der Waals surface area contributed by atoms with Crippen molar-refractivity contribution in [2.24, 2.45) is 11.8 Å². The number of aliphatic hydroxyl groups is 1. The Labute approximate surface area is 143 Å². The highest BCUT2D eigenvalue weighted by Crippen LogP contribution is 2.35. The first-order valence-corrected chi connectivity index (χ1v) is 8.42. The standard InChI is InChI=1S/C17H18BrNO4/c18-11-5-7-13(8-6-11)23-10-12(20)9-19-16(21)14-3-1-2-4-15(14)17(19)22/h1-2,5-8,12,14-15,20H,3-4,9-10H2. The summed E-state index contributed by atoms with van der Waals surface area (Å²) >= 11 is 3.34. The number of allylic oxidation sites excluding steroid dienone is 2. The topological polar surface area (TPSA) is 66.8 Å². The van der Waals surface area contributed by atoms with Gasteiger partial charge in [0.2, 0.25) is 11.8 Å². The number of amides is 2. The van der Waals surface area contributed by atoms with Crippen molar-refractivity contribution in [3.05, 3.63) is 40.9 Å². The van der Waals surface area contributed by atoms with Gasteiger partial charge in [0, 0.05) is 4.47 Å². The number of benzene rings is 1. The van der Waals surface area contributed by atoms with Crippen molar-refractivity contribution in [3.63, 3.8) is 0 Å². The molecule has 6 heteroatoms. The third-order valence-corrected chi connectivity index (χ3v) is 4.78. The van der Waals surface area contributed by atoms with Crippen LogP contribution in [-0.2, 0) is 9.59 Å². The zero-order valence-corrected chi connectivity index (χ0v) is 14.1. The fraction of sp³-hybridized carbons (Fsp3) is 0.412. The number of likely N-dealkylation sites (tertiary alicyclic amines) is 1. The molecule has 0 spiro atoms. The summed E-state index contributed by atoms with van der Waals surface area (Å²) in [6.07, 6.45) is 4.21. The molecule has 0 aromatic heterocycles. The van der Waals surface area contributed by atoms with Gasteiger partial charge in [-0.25, -0.2) is 0 Å². The largest absolute Gasteiger partial charge is 0.491 e. The number of fused-ring (bicyclic) bond motifs is 1. The predicted octanol–water partition coefficient (Wildman–Crippen LogP) is 2.14. The van der Waals surface area contributed by atoms with Crippen LogP contribution in [0.1, 0.15) is 12.8 Å². The lowest BCUT2D eigenvalue weighted by Gasteiger charge is -2.19. The molecule has 1 aliphatic heterocycles. The van der Waals surface area contributed by atoms with Gasteiger partial charge in [0.15, 0.2) is 0 Å². The molecule has 122 valence electrons. The second kappa shape index (κ2) is 6.84. The highest BCUT2D eigenvalue weighted by molar-refractivity contribution is 9.10. The third-order valence-electron chi connectivity index (χ3n) is 4.25. The van der Waals surface area contributed by atoms with Crippen molar-refractivity contribution < 1.29 is 19.4 Å². The second-order valence-electron chi connectivity index (χ2n) is 5.86. The number of hydrogen-bond donors (Lipinski definition) is 1. The fourth-order valence-corrected chi connectivity index (χ4v) is 3.30. The second-order valence-corrected chi connectivity index (χ2v) is 6.78. The van der Waals surface area contributed by atoms with Gasteiger partial charge >= 0.3 is 0 Å². The molecule has 0 bridgehead atoms. The van der Waals surface area contributed by atoms with E-state index in [1.54, 1.807) is 12.1 Å². The first kappa shape index (κ1) is 16.2. The average Bonchev–Trinajstić information content (AvgIpc) is 2.80. The van der Waals surface area contributed by atoms with E-state index in [9.17, 15) is 14.7 Å². The molecule has 23 heavy (non-hydrogen) atoms. The van der Waals surface area contributed by atoms with E-state index >= 15 is 0 Å². The van der Waals surface area contributed by atoms with Crippen molar-refractivity contribution in [2.45, 2.75) is 18.9 Å². The molecule has 1 aromatic rings.